The number of aliphatic hydroxyl groups is 5. The van der Waals surface area contributed by atoms with Crippen LogP contribution in [0.1, 0.15) is 168 Å². The fourth-order valence-corrected chi connectivity index (χ4v) is 7.19. The van der Waals surface area contributed by atoms with E-state index in [9.17, 15) is 44.6 Å². The van der Waals surface area contributed by atoms with Crippen molar-refractivity contribution in [2.75, 3.05) is 13.2 Å². The average Bonchev–Trinajstić information content (AvgIpc) is 3.13. The molecule has 0 amide bonds. The van der Waals surface area contributed by atoms with E-state index in [1.165, 1.54) is 70.6 Å². The Morgan fingerprint density at radius 1 is 0.566 bits per heavy atom. The number of phosphoric acid groups is 1. The Morgan fingerprint density at radius 3 is 1.45 bits per heavy atom. The summed E-state index contributed by atoms with van der Waals surface area (Å²) < 4.78 is 33.3. The summed E-state index contributed by atoms with van der Waals surface area (Å²) in [5, 5.41) is 49.9. The van der Waals surface area contributed by atoms with Crippen LogP contribution in [0, 0.1) is 0 Å². The predicted octanol–water partition coefficient (Wildman–Crippen LogP) is 6.72. The highest BCUT2D eigenvalue weighted by molar-refractivity contribution is 7.47. The fourth-order valence-electron chi connectivity index (χ4n) is 6.22. The van der Waals surface area contributed by atoms with Crippen molar-refractivity contribution in [3.05, 3.63) is 12.2 Å². The summed E-state index contributed by atoms with van der Waals surface area (Å²) in [7, 11) is -5.11. The van der Waals surface area contributed by atoms with Gasteiger partial charge in [-0.1, -0.05) is 129 Å². The maximum Gasteiger partial charge on any atom is 0.472 e. The van der Waals surface area contributed by atoms with E-state index in [-0.39, 0.29) is 12.8 Å². The topological polar surface area (TPSA) is 210 Å². The van der Waals surface area contributed by atoms with Crippen molar-refractivity contribution in [1.82, 2.24) is 0 Å². The molecule has 0 aliphatic heterocycles. The molecule has 0 heterocycles. The van der Waals surface area contributed by atoms with Crippen LogP contribution in [0.4, 0.5) is 0 Å². The first-order chi connectivity index (χ1) is 25.4. The lowest BCUT2D eigenvalue weighted by Gasteiger charge is -2.41. The highest BCUT2D eigenvalue weighted by atomic mass is 31.2. The number of aliphatic hydroxyl groups excluding tert-OH is 5. The van der Waals surface area contributed by atoms with E-state index in [4.69, 9.17) is 18.5 Å². The minimum absolute atomic E-state index is 0.0900. The molecule has 53 heavy (non-hydrogen) atoms. The molecule has 1 rings (SSSR count). The van der Waals surface area contributed by atoms with Crippen LogP contribution in [-0.4, -0.2) is 98.3 Å². The van der Waals surface area contributed by atoms with Crippen molar-refractivity contribution in [2.24, 2.45) is 0 Å². The van der Waals surface area contributed by atoms with E-state index >= 15 is 0 Å². The van der Waals surface area contributed by atoms with Crippen LogP contribution in [0.15, 0.2) is 12.2 Å². The molecule has 0 radical (unpaired) electrons. The summed E-state index contributed by atoms with van der Waals surface area (Å²) in [5.41, 5.74) is 0. The number of rotatable bonds is 33. The maximum atomic E-state index is 12.7. The average molecular weight is 781 g/mol. The summed E-state index contributed by atoms with van der Waals surface area (Å²) in [4.78, 5) is 35.5. The summed E-state index contributed by atoms with van der Waals surface area (Å²) >= 11 is 0. The molecule has 0 saturated heterocycles. The second-order valence-corrected chi connectivity index (χ2v) is 15.9. The van der Waals surface area contributed by atoms with Crippen molar-refractivity contribution in [2.45, 2.75) is 211 Å². The lowest BCUT2D eigenvalue weighted by molar-refractivity contribution is -0.220. The standard InChI is InChI=1S/C39H73O13P/c1-3-5-7-9-11-13-15-16-18-20-22-24-26-28-33(41)51-31(29-49-32(40)27-25-23-21-19-17-14-12-10-8-6-4-2)30-50-53(47,48)52-39-37(45)35(43)34(42)36(44)38(39)46/h13,15,31,34-39,42-46H,3-12,14,16-30H2,1-2H3,(H,47,48)/b15-13-/t31-,34?,35-,36?,37?,38?,39?/m1/s1. The number of carbonyl (C=O) groups excluding carboxylic acids is 2. The summed E-state index contributed by atoms with van der Waals surface area (Å²) in [6.07, 6.45) is 15.7. The number of hydrogen-bond donors (Lipinski definition) is 6. The number of esters is 2. The molecule has 14 heteroatoms. The van der Waals surface area contributed by atoms with Gasteiger partial charge >= 0.3 is 19.8 Å². The van der Waals surface area contributed by atoms with Gasteiger partial charge in [0.25, 0.3) is 0 Å². The third-order valence-corrected chi connectivity index (χ3v) is 10.6. The summed E-state index contributed by atoms with van der Waals surface area (Å²) in [6.45, 7) is 3.24. The van der Waals surface area contributed by atoms with E-state index < -0.39 is 75.7 Å². The maximum absolute atomic E-state index is 12.7. The highest BCUT2D eigenvalue weighted by Crippen LogP contribution is 2.47. The van der Waals surface area contributed by atoms with Crippen molar-refractivity contribution in [1.29, 1.82) is 0 Å². The van der Waals surface area contributed by atoms with E-state index in [1.807, 2.05) is 0 Å². The van der Waals surface area contributed by atoms with E-state index in [1.54, 1.807) is 0 Å². The third-order valence-electron chi connectivity index (χ3n) is 9.61. The molecule has 1 aliphatic rings. The number of carbonyl (C=O) groups is 2. The van der Waals surface area contributed by atoms with Crippen LogP contribution < -0.4 is 0 Å². The van der Waals surface area contributed by atoms with Crippen LogP contribution in [0.2, 0.25) is 0 Å². The van der Waals surface area contributed by atoms with Crippen molar-refractivity contribution >= 4 is 19.8 Å². The molecule has 0 aromatic carbocycles. The molecule has 0 bridgehead atoms. The summed E-state index contributed by atoms with van der Waals surface area (Å²) in [6, 6.07) is 0. The van der Waals surface area contributed by atoms with Gasteiger partial charge in [-0.2, -0.15) is 0 Å². The summed E-state index contributed by atoms with van der Waals surface area (Å²) in [5.74, 6) is -1.11. The first kappa shape index (κ1) is 49.6. The second kappa shape index (κ2) is 30.8. The molecule has 6 unspecified atom stereocenters. The van der Waals surface area contributed by atoms with Crippen LogP contribution >= 0.6 is 7.82 Å². The molecule has 312 valence electrons. The third kappa shape index (κ3) is 24.0. The van der Waals surface area contributed by atoms with Gasteiger partial charge in [-0.05, 0) is 38.5 Å². The Morgan fingerprint density at radius 2 is 0.962 bits per heavy atom. The SMILES string of the molecule is CCCCCC/C=C\CCCCCCCC(=O)O[C@H](COC(=O)CCCCCCCCCCCCC)COP(=O)(O)OC1C(O)C(O)C(O)[C@@H](O)C1O. The van der Waals surface area contributed by atoms with Gasteiger partial charge in [-0.25, -0.2) is 4.57 Å². The Labute approximate surface area is 318 Å². The molecule has 6 N–H and O–H groups in total. The number of allylic oxidation sites excluding steroid dienone is 2. The number of hydrogen-bond acceptors (Lipinski definition) is 12. The normalized spacial score (nSPS) is 23.5. The Balaban J connectivity index is 2.53. The minimum atomic E-state index is -5.11. The van der Waals surface area contributed by atoms with E-state index in [0.717, 1.165) is 57.8 Å². The quantitative estimate of drug-likeness (QED) is 0.0177. The van der Waals surface area contributed by atoms with Crippen molar-refractivity contribution in [3.8, 4) is 0 Å². The van der Waals surface area contributed by atoms with Gasteiger partial charge in [-0.3, -0.25) is 18.6 Å². The molecule has 13 nitrogen and oxygen atoms in total. The zero-order chi connectivity index (χ0) is 39.3. The molecule has 0 spiro atoms. The number of unbranched alkanes of at least 4 members (excludes halogenated alkanes) is 19. The molecule has 0 aromatic rings. The zero-order valence-electron chi connectivity index (χ0n) is 32.6. The van der Waals surface area contributed by atoms with Crippen LogP contribution in [0.3, 0.4) is 0 Å². The smallest absolute Gasteiger partial charge is 0.462 e. The zero-order valence-corrected chi connectivity index (χ0v) is 33.5. The van der Waals surface area contributed by atoms with E-state index in [0.29, 0.717) is 12.8 Å². The largest absolute Gasteiger partial charge is 0.472 e. The van der Waals surface area contributed by atoms with Gasteiger partial charge in [-0.15, -0.1) is 0 Å². The molecule has 1 saturated carbocycles. The van der Waals surface area contributed by atoms with Gasteiger partial charge in [0.1, 0.15) is 43.2 Å². The van der Waals surface area contributed by atoms with Gasteiger partial charge in [0.15, 0.2) is 6.10 Å². The van der Waals surface area contributed by atoms with Crippen molar-refractivity contribution in [3.63, 3.8) is 0 Å². The first-order valence-corrected chi connectivity index (χ1v) is 22.0. The molecule has 0 aromatic heterocycles. The second-order valence-electron chi connectivity index (χ2n) is 14.5. The minimum Gasteiger partial charge on any atom is -0.462 e. The fraction of sp³-hybridized carbons (Fsp3) is 0.897. The molecular formula is C39H73O13P. The number of ether oxygens (including phenoxy) is 2. The Bertz CT molecular complexity index is 996. The van der Waals surface area contributed by atoms with Crippen molar-refractivity contribution < 1.29 is 63.1 Å². The number of phosphoric ester groups is 1. The van der Waals surface area contributed by atoms with Crippen LogP contribution in [0.25, 0.3) is 0 Å². The lowest BCUT2D eigenvalue weighted by atomic mass is 9.85. The van der Waals surface area contributed by atoms with Crippen LogP contribution in [0.5, 0.6) is 0 Å². The Kier molecular flexibility index (Phi) is 28.8. The lowest BCUT2D eigenvalue weighted by Crippen LogP contribution is -2.64. The monoisotopic (exact) mass is 780 g/mol. The van der Waals surface area contributed by atoms with Gasteiger partial charge in [0.05, 0.1) is 6.61 Å². The highest BCUT2D eigenvalue weighted by Gasteiger charge is 2.51. The molecule has 1 aliphatic carbocycles. The first-order valence-electron chi connectivity index (χ1n) is 20.5. The predicted molar refractivity (Wildman–Crippen MR) is 203 cm³/mol. The Hall–Kier alpha value is -1.41. The van der Waals surface area contributed by atoms with E-state index in [2.05, 4.69) is 26.0 Å². The molecule has 1 fully saturated rings. The van der Waals surface area contributed by atoms with Gasteiger partial charge in [0, 0.05) is 12.8 Å². The van der Waals surface area contributed by atoms with Gasteiger partial charge in [0.2, 0.25) is 0 Å². The molecule has 8 atom stereocenters. The van der Waals surface area contributed by atoms with Gasteiger partial charge < -0.3 is 39.9 Å². The van der Waals surface area contributed by atoms with Crippen LogP contribution in [-0.2, 0) is 32.7 Å². The molecular weight excluding hydrogens is 707 g/mol.